The van der Waals surface area contributed by atoms with Crippen LogP contribution in [0.2, 0.25) is 10.0 Å². The number of piperazine rings is 1. The normalized spacial score (nSPS) is 14.9. The number of hydrogen-bond donors (Lipinski definition) is 1. The average Bonchev–Trinajstić information content (AvgIpc) is 2.66. The van der Waals surface area contributed by atoms with Crippen molar-refractivity contribution in [2.24, 2.45) is 0 Å². The zero-order valence-corrected chi connectivity index (χ0v) is 16.6. The third-order valence-electron chi connectivity index (χ3n) is 4.54. The maximum atomic E-state index is 12.7. The molecular formula is C20H21Cl2N3O2. The second kappa shape index (κ2) is 8.74. The molecule has 0 radical (unpaired) electrons. The van der Waals surface area contributed by atoms with E-state index in [1.165, 1.54) is 6.92 Å². The Labute approximate surface area is 168 Å². The van der Waals surface area contributed by atoms with Crippen LogP contribution >= 0.6 is 23.2 Å². The Morgan fingerprint density at radius 3 is 2.30 bits per heavy atom. The quantitative estimate of drug-likeness (QED) is 0.838. The van der Waals surface area contributed by atoms with Crippen molar-refractivity contribution in [2.45, 2.75) is 13.5 Å². The van der Waals surface area contributed by atoms with Gasteiger partial charge >= 0.3 is 0 Å². The highest BCUT2D eigenvalue weighted by Crippen LogP contribution is 2.26. The number of rotatable bonds is 4. The average molecular weight is 406 g/mol. The third-order valence-corrected chi connectivity index (χ3v) is 5.40. The van der Waals surface area contributed by atoms with Gasteiger partial charge in [-0.25, -0.2) is 0 Å². The molecule has 0 saturated carbocycles. The second-order valence-corrected chi connectivity index (χ2v) is 7.32. The van der Waals surface area contributed by atoms with Crippen LogP contribution in [0, 0.1) is 0 Å². The summed E-state index contributed by atoms with van der Waals surface area (Å²) in [5, 5.41) is 3.85. The van der Waals surface area contributed by atoms with Crippen LogP contribution in [0.15, 0.2) is 42.5 Å². The zero-order chi connectivity index (χ0) is 19.4. The predicted molar refractivity (Wildman–Crippen MR) is 108 cm³/mol. The standard InChI is InChI=1S/C20H21Cl2N3O2/c1-14(26)23-17-7-5-15(6-8-17)20(27)25-11-9-24(10-12-25)13-16-3-2-4-18(21)19(16)22/h2-8H,9-13H2,1H3,(H,23,26). The van der Waals surface area contributed by atoms with Gasteiger partial charge in [-0.15, -0.1) is 0 Å². The van der Waals surface area contributed by atoms with Gasteiger partial charge in [0.1, 0.15) is 0 Å². The molecule has 27 heavy (non-hydrogen) atoms. The van der Waals surface area contributed by atoms with E-state index in [0.717, 1.165) is 18.7 Å². The van der Waals surface area contributed by atoms with Crippen molar-refractivity contribution in [1.29, 1.82) is 0 Å². The fourth-order valence-electron chi connectivity index (χ4n) is 3.10. The van der Waals surface area contributed by atoms with Gasteiger partial charge in [0.2, 0.25) is 5.91 Å². The van der Waals surface area contributed by atoms with Gasteiger partial charge in [-0.1, -0.05) is 35.3 Å². The Morgan fingerprint density at radius 1 is 1.00 bits per heavy atom. The molecular weight excluding hydrogens is 385 g/mol. The van der Waals surface area contributed by atoms with Crippen LogP contribution in [0.1, 0.15) is 22.8 Å². The van der Waals surface area contributed by atoms with Crippen molar-refractivity contribution in [1.82, 2.24) is 9.80 Å². The van der Waals surface area contributed by atoms with Gasteiger partial charge in [0.15, 0.2) is 0 Å². The van der Waals surface area contributed by atoms with E-state index in [-0.39, 0.29) is 11.8 Å². The molecule has 1 heterocycles. The maximum Gasteiger partial charge on any atom is 0.253 e. The number of carbonyl (C=O) groups excluding carboxylic acids is 2. The van der Waals surface area contributed by atoms with Gasteiger partial charge in [-0.2, -0.15) is 0 Å². The van der Waals surface area contributed by atoms with E-state index in [9.17, 15) is 9.59 Å². The highest BCUT2D eigenvalue weighted by atomic mass is 35.5. The molecule has 2 aromatic carbocycles. The predicted octanol–water partition coefficient (Wildman–Crippen LogP) is 3.91. The lowest BCUT2D eigenvalue weighted by Gasteiger charge is -2.35. The lowest BCUT2D eigenvalue weighted by atomic mass is 10.1. The largest absolute Gasteiger partial charge is 0.336 e. The van der Waals surface area contributed by atoms with Crippen LogP contribution in [0.25, 0.3) is 0 Å². The van der Waals surface area contributed by atoms with E-state index in [1.54, 1.807) is 30.3 Å². The highest BCUT2D eigenvalue weighted by Gasteiger charge is 2.22. The Balaban J connectivity index is 1.56. The molecule has 1 aliphatic rings. The monoisotopic (exact) mass is 405 g/mol. The summed E-state index contributed by atoms with van der Waals surface area (Å²) in [4.78, 5) is 27.9. The summed E-state index contributed by atoms with van der Waals surface area (Å²) < 4.78 is 0. The first-order valence-electron chi connectivity index (χ1n) is 8.76. The number of benzene rings is 2. The first-order chi connectivity index (χ1) is 12.9. The highest BCUT2D eigenvalue weighted by molar-refractivity contribution is 6.42. The topological polar surface area (TPSA) is 52.7 Å². The first kappa shape index (κ1) is 19.7. The van der Waals surface area contributed by atoms with Gasteiger partial charge in [-0.05, 0) is 35.9 Å². The minimum absolute atomic E-state index is 0.00446. The summed E-state index contributed by atoms with van der Waals surface area (Å²) in [6.45, 7) is 5.04. The minimum atomic E-state index is -0.134. The third kappa shape index (κ3) is 5.01. The minimum Gasteiger partial charge on any atom is -0.336 e. The van der Waals surface area contributed by atoms with E-state index in [1.807, 2.05) is 17.0 Å². The van der Waals surface area contributed by atoms with Crippen LogP contribution in [0.3, 0.4) is 0 Å². The SMILES string of the molecule is CC(=O)Nc1ccc(C(=O)N2CCN(Cc3cccc(Cl)c3Cl)CC2)cc1. The smallest absolute Gasteiger partial charge is 0.253 e. The van der Waals surface area contributed by atoms with Crippen LogP contribution in [-0.4, -0.2) is 47.8 Å². The van der Waals surface area contributed by atoms with E-state index in [4.69, 9.17) is 23.2 Å². The molecule has 1 saturated heterocycles. The molecule has 142 valence electrons. The molecule has 1 N–H and O–H groups in total. The Hall–Kier alpha value is -2.08. The van der Waals surface area contributed by atoms with E-state index in [2.05, 4.69) is 10.2 Å². The maximum absolute atomic E-state index is 12.7. The number of amides is 2. The van der Waals surface area contributed by atoms with Gasteiger partial charge < -0.3 is 10.2 Å². The summed E-state index contributed by atoms with van der Waals surface area (Å²) in [5.41, 5.74) is 2.30. The number of hydrogen-bond acceptors (Lipinski definition) is 3. The molecule has 0 unspecified atom stereocenters. The molecule has 3 rings (SSSR count). The summed E-state index contributed by atoms with van der Waals surface area (Å²) in [5.74, 6) is -0.130. The number of anilines is 1. The molecule has 2 amide bonds. The Kier molecular flexibility index (Phi) is 6.37. The molecule has 7 heteroatoms. The van der Waals surface area contributed by atoms with Crippen LogP contribution in [0.4, 0.5) is 5.69 Å². The van der Waals surface area contributed by atoms with Crippen molar-refractivity contribution in [3.05, 3.63) is 63.6 Å². The van der Waals surface area contributed by atoms with Gasteiger partial charge in [0.25, 0.3) is 5.91 Å². The van der Waals surface area contributed by atoms with E-state index >= 15 is 0 Å². The molecule has 0 atom stereocenters. The van der Waals surface area contributed by atoms with Crippen molar-refractivity contribution in [3.8, 4) is 0 Å². The van der Waals surface area contributed by atoms with Crippen LogP contribution in [-0.2, 0) is 11.3 Å². The van der Waals surface area contributed by atoms with Gasteiger partial charge in [-0.3, -0.25) is 14.5 Å². The number of nitrogens with zero attached hydrogens (tertiary/aromatic N) is 2. The molecule has 2 aromatic rings. The molecule has 0 aliphatic carbocycles. The zero-order valence-electron chi connectivity index (χ0n) is 15.0. The fourth-order valence-corrected chi connectivity index (χ4v) is 3.48. The van der Waals surface area contributed by atoms with Gasteiger partial charge in [0.05, 0.1) is 10.0 Å². The van der Waals surface area contributed by atoms with Crippen molar-refractivity contribution >= 4 is 40.7 Å². The lowest BCUT2D eigenvalue weighted by Crippen LogP contribution is -2.48. The first-order valence-corrected chi connectivity index (χ1v) is 9.52. The number of nitrogens with one attached hydrogen (secondary N) is 1. The number of halogens is 2. The molecule has 1 fully saturated rings. The van der Waals surface area contributed by atoms with Crippen LogP contribution < -0.4 is 5.32 Å². The molecule has 0 bridgehead atoms. The summed E-state index contributed by atoms with van der Waals surface area (Å²) in [6.07, 6.45) is 0. The number of carbonyl (C=O) groups is 2. The summed E-state index contributed by atoms with van der Waals surface area (Å²) in [6, 6.07) is 12.6. The fraction of sp³-hybridized carbons (Fsp3) is 0.300. The summed E-state index contributed by atoms with van der Waals surface area (Å²) in [7, 11) is 0. The second-order valence-electron chi connectivity index (χ2n) is 6.54. The van der Waals surface area contributed by atoms with E-state index < -0.39 is 0 Å². The Bertz CT molecular complexity index is 832. The van der Waals surface area contributed by atoms with Crippen molar-refractivity contribution in [3.63, 3.8) is 0 Å². The Morgan fingerprint density at radius 2 is 1.67 bits per heavy atom. The van der Waals surface area contributed by atoms with Crippen molar-refractivity contribution < 1.29 is 9.59 Å². The van der Waals surface area contributed by atoms with Crippen molar-refractivity contribution in [2.75, 3.05) is 31.5 Å². The van der Waals surface area contributed by atoms with Gasteiger partial charge in [0, 0.05) is 50.9 Å². The van der Waals surface area contributed by atoms with Crippen LogP contribution in [0.5, 0.6) is 0 Å². The molecule has 0 aromatic heterocycles. The molecule has 5 nitrogen and oxygen atoms in total. The summed E-state index contributed by atoms with van der Waals surface area (Å²) >= 11 is 12.3. The molecule has 1 aliphatic heterocycles. The molecule has 0 spiro atoms. The lowest BCUT2D eigenvalue weighted by molar-refractivity contribution is -0.114. The van der Waals surface area contributed by atoms with E-state index in [0.29, 0.717) is 40.9 Å².